The van der Waals surface area contributed by atoms with Crippen LogP contribution in [0.2, 0.25) is 0 Å². The van der Waals surface area contributed by atoms with Crippen molar-refractivity contribution in [3.8, 4) is 0 Å². The lowest BCUT2D eigenvalue weighted by atomic mass is 9.93. The molecule has 1 aliphatic carbocycles. The van der Waals surface area contributed by atoms with Crippen molar-refractivity contribution in [2.24, 2.45) is 0 Å². The van der Waals surface area contributed by atoms with Gasteiger partial charge in [0.2, 0.25) is 5.91 Å². The van der Waals surface area contributed by atoms with Crippen LogP contribution in [0.5, 0.6) is 0 Å². The van der Waals surface area contributed by atoms with Gasteiger partial charge in [0.05, 0.1) is 6.04 Å². The van der Waals surface area contributed by atoms with Crippen molar-refractivity contribution in [2.75, 3.05) is 6.26 Å². The first-order valence-corrected chi connectivity index (χ1v) is 9.15. The van der Waals surface area contributed by atoms with Gasteiger partial charge in [-0.1, -0.05) is 31.4 Å². The maximum absolute atomic E-state index is 12.6. The molecular formula is C17H24N2OS. The van der Waals surface area contributed by atoms with Gasteiger partial charge in [-0.15, -0.1) is 11.8 Å². The first-order chi connectivity index (χ1) is 10.2. The number of benzene rings is 1. The molecule has 0 aromatic heterocycles. The number of hydrogen-bond donors (Lipinski definition) is 1. The lowest BCUT2D eigenvalue weighted by Crippen LogP contribution is -2.41. The number of nitrogens with one attached hydrogen (secondary N) is 1. The molecule has 2 atom stereocenters. The topological polar surface area (TPSA) is 32.3 Å². The maximum atomic E-state index is 12.6. The largest absolute Gasteiger partial charge is 0.319 e. The average Bonchev–Trinajstić information content (AvgIpc) is 2.84. The minimum absolute atomic E-state index is 0.0477. The summed E-state index contributed by atoms with van der Waals surface area (Å²) >= 11 is 1.75. The van der Waals surface area contributed by atoms with Crippen molar-refractivity contribution in [3.05, 3.63) is 29.8 Å². The molecule has 3 nitrogen and oxygen atoms in total. The fourth-order valence-electron chi connectivity index (χ4n) is 3.53. The second-order valence-electron chi connectivity index (χ2n) is 6.10. The van der Waals surface area contributed by atoms with E-state index in [2.05, 4.69) is 40.7 Å². The van der Waals surface area contributed by atoms with E-state index in [4.69, 9.17) is 0 Å². The van der Waals surface area contributed by atoms with E-state index in [-0.39, 0.29) is 18.1 Å². The van der Waals surface area contributed by atoms with E-state index in [0.29, 0.717) is 6.04 Å². The van der Waals surface area contributed by atoms with Crippen LogP contribution in [0.25, 0.3) is 0 Å². The third-order valence-electron chi connectivity index (χ3n) is 4.71. The first-order valence-electron chi connectivity index (χ1n) is 7.93. The van der Waals surface area contributed by atoms with Gasteiger partial charge in [-0.2, -0.15) is 0 Å². The highest BCUT2D eigenvalue weighted by Gasteiger charge is 2.41. The molecule has 114 valence electrons. The molecule has 0 spiro atoms. The average molecular weight is 304 g/mol. The molecule has 2 fully saturated rings. The van der Waals surface area contributed by atoms with Crippen molar-refractivity contribution in [1.82, 2.24) is 10.2 Å². The zero-order chi connectivity index (χ0) is 14.8. The Morgan fingerprint density at radius 3 is 2.43 bits per heavy atom. The summed E-state index contributed by atoms with van der Waals surface area (Å²) in [6.45, 7) is 1.98. The molecule has 0 radical (unpaired) electrons. The first kappa shape index (κ1) is 14.9. The minimum atomic E-state index is -0.0721. The monoisotopic (exact) mass is 304 g/mol. The van der Waals surface area contributed by atoms with Gasteiger partial charge in [-0.05, 0) is 43.7 Å². The molecule has 1 aromatic carbocycles. The summed E-state index contributed by atoms with van der Waals surface area (Å²) in [5, 5.41) is 3.47. The van der Waals surface area contributed by atoms with E-state index in [0.717, 1.165) is 12.8 Å². The summed E-state index contributed by atoms with van der Waals surface area (Å²) in [4.78, 5) is 16.0. The summed E-state index contributed by atoms with van der Waals surface area (Å²) < 4.78 is 0. The van der Waals surface area contributed by atoms with Gasteiger partial charge in [-0.25, -0.2) is 0 Å². The van der Waals surface area contributed by atoms with Crippen LogP contribution in [0.3, 0.4) is 0 Å². The Kier molecular flexibility index (Phi) is 4.55. The molecule has 4 heteroatoms. The number of hydrogen-bond acceptors (Lipinski definition) is 3. The van der Waals surface area contributed by atoms with E-state index < -0.39 is 0 Å². The Bertz CT molecular complexity index is 496. The van der Waals surface area contributed by atoms with Crippen LogP contribution in [0.1, 0.15) is 50.8 Å². The molecule has 1 aliphatic heterocycles. The summed E-state index contributed by atoms with van der Waals surface area (Å²) in [5.74, 6) is 0.265. The smallest absolute Gasteiger partial charge is 0.241 e. The number of thioether (sulfide) groups is 1. The Labute approximate surface area is 131 Å². The number of rotatable bonds is 3. The predicted molar refractivity (Wildman–Crippen MR) is 87.3 cm³/mol. The number of amides is 1. The summed E-state index contributed by atoms with van der Waals surface area (Å²) in [7, 11) is 0. The number of nitrogens with zero attached hydrogens (tertiary/aromatic N) is 1. The molecule has 1 saturated carbocycles. The Balaban J connectivity index is 1.85. The Hall–Kier alpha value is -1.00. The van der Waals surface area contributed by atoms with Gasteiger partial charge < -0.3 is 4.90 Å². The van der Waals surface area contributed by atoms with E-state index >= 15 is 0 Å². The lowest BCUT2D eigenvalue weighted by Gasteiger charge is -2.35. The van der Waals surface area contributed by atoms with Gasteiger partial charge in [0.15, 0.2) is 0 Å². The van der Waals surface area contributed by atoms with Gasteiger partial charge in [-0.3, -0.25) is 10.1 Å². The quantitative estimate of drug-likeness (QED) is 0.867. The van der Waals surface area contributed by atoms with Crippen LogP contribution < -0.4 is 5.32 Å². The van der Waals surface area contributed by atoms with Crippen LogP contribution in [0, 0.1) is 0 Å². The number of carbonyl (C=O) groups excluding carboxylic acids is 1. The molecule has 0 bridgehead atoms. The van der Waals surface area contributed by atoms with Crippen molar-refractivity contribution in [1.29, 1.82) is 0 Å². The maximum Gasteiger partial charge on any atom is 0.241 e. The van der Waals surface area contributed by atoms with Gasteiger partial charge in [0.25, 0.3) is 0 Å². The normalized spacial score (nSPS) is 27.3. The van der Waals surface area contributed by atoms with Crippen LogP contribution in [0.4, 0.5) is 0 Å². The third-order valence-corrected chi connectivity index (χ3v) is 5.45. The standard InChI is InChI=1S/C17H24N2OS/c1-12-17(20)19(14-6-4-3-5-7-14)16(18-12)13-8-10-15(21-2)11-9-13/h8-12,14,16,18H,3-7H2,1-2H3. The highest BCUT2D eigenvalue weighted by Crippen LogP contribution is 2.33. The molecular weight excluding hydrogens is 280 g/mol. The molecule has 2 aliphatic rings. The van der Waals surface area contributed by atoms with Crippen LogP contribution in [0.15, 0.2) is 29.2 Å². The SMILES string of the molecule is CSc1ccc(C2NC(C)C(=O)N2C2CCCCC2)cc1. The lowest BCUT2D eigenvalue weighted by molar-refractivity contribution is -0.132. The van der Waals surface area contributed by atoms with Crippen molar-refractivity contribution in [2.45, 2.75) is 62.2 Å². The van der Waals surface area contributed by atoms with Crippen LogP contribution in [-0.2, 0) is 4.79 Å². The van der Waals surface area contributed by atoms with Crippen molar-refractivity contribution < 1.29 is 4.79 Å². The molecule has 2 unspecified atom stereocenters. The van der Waals surface area contributed by atoms with E-state index in [1.165, 1.54) is 29.7 Å². The van der Waals surface area contributed by atoms with E-state index in [9.17, 15) is 4.79 Å². The minimum Gasteiger partial charge on any atom is -0.319 e. The Morgan fingerprint density at radius 1 is 1.14 bits per heavy atom. The van der Waals surface area contributed by atoms with E-state index in [1.54, 1.807) is 11.8 Å². The zero-order valence-corrected chi connectivity index (χ0v) is 13.7. The fraction of sp³-hybridized carbons (Fsp3) is 0.588. The fourth-order valence-corrected chi connectivity index (χ4v) is 3.94. The highest BCUT2D eigenvalue weighted by molar-refractivity contribution is 7.98. The van der Waals surface area contributed by atoms with Crippen molar-refractivity contribution >= 4 is 17.7 Å². The Morgan fingerprint density at radius 2 is 1.81 bits per heavy atom. The summed E-state index contributed by atoms with van der Waals surface area (Å²) in [6.07, 6.45) is 8.25. The highest BCUT2D eigenvalue weighted by atomic mass is 32.2. The molecule has 1 amide bonds. The predicted octanol–water partition coefficient (Wildman–Crippen LogP) is 3.56. The third kappa shape index (κ3) is 2.97. The molecule has 21 heavy (non-hydrogen) atoms. The second kappa shape index (κ2) is 6.41. The zero-order valence-electron chi connectivity index (χ0n) is 12.8. The summed E-state index contributed by atoms with van der Waals surface area (Å²) in [6, 6.07) is 8.95. The summed E-state index contributed by atoms with van der Waals surface area (Å²) in [5.41, 5.74) is 1.20. The number of carbonyl (C=O) groups is 1. The van der Waals surface area contributed by atoms with E-state index in [1.807, 2.05) is 6.92 Å². The molecule has 1 aromatic rings. The van der Waals surface area contributed by atoms with Gasteiger partial charge >= 0.3 is 0 Å². The van der Waals surface area contributed by atoms with Gasteiger partial charge in [0, 0.05) is 10.9 Å². The molecule has 1 saturated heterocycles. The molecule has 3 rings (SSSR count). The van der Waals surface area contributed by atoms with Crippen LogP contribution >= 0.6 is 11.8 Å². The molecule has 1 heterocycles. The van der Waals surface area contributed by atoms with Crippen molar-refractivity contribution in [3.63, 3.8) is 0 Å². The molecule has 1 N–H and O–H groups in total. The second-order valence-corrected chi connectivity index (χ2v) is 6.98. The van der Waals surface area contributed by atoms with Gasteiger partial charge in [0.1, 0.15) is 6.17 Å². The van der Waals surface area contributed by atoms with Crippen LogP contribution in [-0.4, -0.2) is 29.1 Å².